The van der Waals surface area contributed by atoms with Crippen LogP contribution in [0.1, 0.15) is 40.5 Å². The zero-order chi connectivity index (χ0) is 9.40. The third-order valence-corrected chi connectivity index (χ3v) is 1.48. The van der Waals surface area contributed by atoms with Crippen molar-refractivity contribution in [3.63, 3.8) is 0 Å². The maximum Gasteiger partial charge on any atom is 0.0608 e. The number of hydrogen-bond donors (Lipinski definition) is 0. The van der Waals surface area contributed by atoms with Crippen molar-refractivity contribution in [3.05, 3.63) is 23.4 Å². The Bertz CT molecular complexity index is 193. The average molecular weight is 165 g/mol. The van der Waals surface area contributed by atoms with Crippen LogP contribution < -0.4 is 0 Å². The van der Waals surface area contributed by atoms with E-state index in [4.69, 9.17) is 0 Å². The highest BCUT2D eigenvalue weighted by Gasteiger charge is 1.88. The van der Waals surface area contributed by atoms with E-state index in [1.54, 1.807) is 0 Å². The third-order valence-electron chi connectivity index (χ3n) is 1.48. The van der Waals surface area contributed by atoms with Gasteiger partial charge >= 0.3 is 0 Å². The van der Waals surface area contributed by atoms with E-state index in [1.165, 1.54) is 5.57 Å². The lowest BCUT2D eigenvalue weighted by Gasteiger charge is -1.96. The van der Waals surface area contributed by atoms with Gasteiger partial charge in [-0.05, 0) is 33.3 Å². The number of aliphatic imine (C=N–C) groups is 1. The molecule has 0 aliphatic heterocycles. The zero-order valence-corrected chi connectivity index (χ0v) is 8.59. The van der Waals surface area contributed by atoms with Crippen LogP contribution in [-0.4, -0.2) is 6.21 Å². The Morgan fingerprint density at radius 2 is 2.00 bits per heavy atom. The van der Waals surface area contributed by atoms with E-state index in [2.05, 4.69) is 25.8 Å². The van der Waals surface area contributed by atoms with Gasteiger partial charge in [0.15, 0.2) is 0 Å². The molecule has 68 valence electrons. The molecule has 0 saturated carbocycles. The Labute approximate surface area is 75.9 Å². The summed E-state index contributed by atoms with van der Waals surface area (Å²) in [6.45, 7) is 8.33. The molecule has 0 aromatic carbocycles. The molecular weight excluding hydrogens is 146 g/mol. The summed E-state index contributed by atoms with van der Waals surface area (Å²) in [6, 6.07) is 0. The van der Waals surface area contributed by atoms with Gasteiger partial charge in [0.25, 0.3) is 0 Å². The van der Waals surface area contributed by atoms with Crippen molar-refractivity contribution in [1.29, 1.82) is 0 Å². The molecule has 0 amide bonds. The number of rotatable bonds is 4. The van der Waals surface area contributed by atoms with Gasteiger partial charge in [0.1, 0.15) is 0 Å². The fourth-order valence-electron chi connectivity index (χ4n) is 0.789. The van der Waals surface area contributed by atoms with Gasteiger partial charge in [0, 0.05) is 6.21 Å². The van der Waals surface area contributed by atoms with Crippen molar-refractivity contribution in [1.82, 2.24) is 0 Å². The molecule has 0 fully saturated rings. The number of allylic oxidation sites excluding steroid dienone is 3. The lowest BCUT2D eigenvalue weighted by molar-refractivity contribution is 1.01. The van der Waals surface area contributed by atoms with Crippen molar-refractivity contribution in [3.8, 4) is 0 Å². The van der Waals surface area contributed by atoms with Crippen LogP contribution in [0, 0.1) is 0 Å². The van der Waals surface area contributed by atoms with E-state index in [0.29, 0.717) is 0 Å². The van der Waals surface area contributed by atoms with Gasteiger partial charge in [-0.3, -0.25) is 4.99 Å². The van der Waals surface area contributed by atoms with Crippen LogP contribution >= 0.6 is 0 Å². The fraction of sp³-hybridized carbons (Fsp3) is 0.545. The molecule has 0 spiro atoms. The Morgan fingerprint density at radius 3 is 2.42 bits per heavy atom. The second kappa shape index (κ2) is 6.84. The van der Waals surface area contributed by atoms with E-state index in [1.807, 2.05) is 25.3 Å². The first kappa shape index (κ1) is 11.2. The van der Waals surface area contributed by atoms with Crippen LogP contribution in [0.2, 0.25) is 0 Å². The van der Waals surface area contributed by atoms with Crippen molar-refractivity contribution >= 4 is 6.21 Å². The summed E-state index contributed by atoms with van der Waals surface area (Å²) in [5.41, 5.74) is 2.35. The molecule has 0 saturated heterocycles. The Kier molecular flexibility index (Phi) is 6.35. The highest BCUT2D eigenvalue weighted by atomic mass is 14.7. The molecule has 12 heavy (non-hydrogen) atoms. The highest BCUT2D eigenvalue weighted by molar-refractivity contribution is 5.59. The first-order valence-corrected chi connectivity index (χ1v) is 4.55. The van der Waals surface area contributed by atoms with Gasteiger partial charge < -0.3 is 0 Å². The van der Waals surface area contributed by atoms with Crippen LogP contribution in [-0.2, 0) is 0 Å². The quantitative estimate of drug-likeness (QED) is 0.444. The smallest absolute Gasteiger partial charge is 0.0608 e. The zero-order valence-electron chi connectivity index (χ0n) is 8.59. The van der Waals surface area contributed by atoms with Gasteiger partial charge in [0.2, 0.25) is 0 Å². The second-order valence-electron chi connectivity index (χ2n) is 2.99. The third kappa shape index (κ3) is 4.89. The fourth-order valence-corrected chi connectivity index (χ4v) is 0.789. The van der Waals surface area contributed by atoms with Gasteiger partial charge in [0.05, 0.1) is 5.70 Å². The molecule has 0 unspecified atom stereocenters. The molecule has 0 aliphatic carbocycles. The first-order valence-electron chi connectivity index (χ1n) is 4.55. The summed E-state index contributed by atoms with van der Waals surface area (Å²) in [5.74, 6) is 0. The average Bonchev–Trinajstić information content (AvgIpc) is 2.03. The van der Waals surface area contributed by atoms with Crippen LogP contribution in [0.4, 0.5) is 0 Å². The van der Waals surface area contributed by atoms with Gasteiger partial charge in [-0.2, -0.15) is 0 Å². The van der Waals surface area contributed by atoms with Crippen LogP contribution in [0.15, 0.2) is 28.4 Å². The van der Waals surface area contributed by atoms with Crippen LogP contribution in [0.25, 0.3) is 0 Å². The van der Waals surface area contributed by atoms with Gasteiger partial charge in [-0.15, -0.1) is 0 Å². The maximum absolute atomic E-state index is 4.37. The maximum atomic E-state index is 4.37. The monoisotopic (exact) mass is 165 g/mol. The molecular formula is C11H19N. The summed E-state index contributed by atoms with van der Waals surface area (Å²) in [5, 5.41) is 0. The van der Waals surface area contributed by atoms with Gasteiger partial charge in [-0.1, -0.05) is 25.0 Å². The Morgan fingerprint density at radius 1 is 1.33 bits per heavy atom. The van der Waals surface area contributed by atoms with Crippen LogP contribution in [0.5, 0.6) is 0 Å². The van der Waals surface area contributed by atoms with Crippen molar-refractivity contribution in [2.75, 3.05) is 0 Å². The minimum absolute atomic E-state index is 1.06. The number of hydrogen-bond acceptors (Lipinski definition) is 1. The summed E-state index contributed by atoms with van der Waals surface area (Å²) in [4.78, 5) is 4.37. The molecule has 0 aliphatic rings. The first-order chi connectivity index (χ1) is 5.72. The molecule has 0 bridgehead atoms. The molecule has 1 nitrogen and oxygen atoms in total. The number of unbranched alkanes of at least 4 members (excludes halogenated alkanes) is 1. The summed E-state index contributed by atoms with van der Waals surface area (Å²) in [6.07, 6.45) is 8.28. The molecule has 0 aromatic rings. The largest absolute Gasteiger partial charge is 0.261 e. The molecule has 0 rings (SSSR count). The minimum atomic E-state index is 1.06. The predicted molar refractivity (Wildman–Crippen MR) is 56.6 cm³/mol. The van der Waals surface area contributed by atoms with E-state index in [0.717, 1.165) is 18.5 Å². The summed E-state index contributed by atoms with van der Waals surface area (Å²) < 4.78 is 0. The Hall–Kier alpha value is -0.850. The predicted octanol–water partition coefficient (Wildman–Crippen LogP) is 3.73. The van der Waals surface area contributed by atoms with Crippen LogP contribution in [0.3, 0.4) is 0 Å². The van der Waals surface area contributed by atoms with Crippen molar-refractivity contribution in [2.45, 2.75) is 40.5 Å². The van der Waals surface area contributed by atoms with E-state index < -0.39 is 0 Å². The lowest BCUT2D eigenvalue weighted by atomic mass is 10.2. The van der Waals surface area contributed by atoms with Crippen molar-refractivity contribution < 1.29 is 0 Å². The van der Waals surface area contributed by atoms with E-state index in [9.17, 15) is 0 Å². The molecule has 1 heteroatoms. The minimum Gasteiger partial charge on any atom is -0.261 e. The standard InChI is InChI=1S/C11H19N/c1-5-7-9-12-11(8-6-2)10(3)4/h6,8-9H,5,7H2,1-4H3/b8-6-,12-9?. The Balaban J connectivity index is 4.25. The second-order valence-corrected chi connectivity index (χ2v) is 2.99. The van der Waals surface area contributed by atoms with E-state index in [-0.39, 0.29) is 0 Å². The molecule has 0 radical (unpaired) electrons. The topological polar surface area (TPSA) is 12.4 Å². The van der Waals surface area contributed by atoms with Crippen molar-refractivity contribution in [2.24, 2.45) is 4.99 Å². The van der Waals surface area contributed by atoms with Gasteiger partial charge in [-0.25, -0.2) is 0 Å². The molecule has 0 N–H and O–H groups in total. The highest BCUT2D eigenvalue weighted by Crippen LogP contribution is 2.06. The summed E-state index contributed by atoms with van der Waals surface area (Å²) >= 11 is 0. The lowest BCUT2D eigenvalue weighted by Crippen LogP contribution is -1.79. The molecule has 0 atom stereocenters. The number of nitrogens with zero attached hydrogens (tertiary/aromatic N) is 1. The molecule has 0 aromatic heterocycles. The SMILES string of the molecule is C/C=C\C(N=CCCC)=C(C)C. The summed E-state index contributed by atoms with van der Waals surface area (Å²) in [7, 11) is 0. The molecule has 0 heterocycles. The normalized spacial score (nSPS) is 11.3. The van der Waals surface area contributed by atoms with E-state index >= 15 is 0 Å².